The number of nitrogens with one attached hydrogen (secondary N) is 1. The summed E-state index contributed by atoms with van der Waals surface area (Å²) in [7, 11) is -7.44. The molecule has 12 heteroatoms. The average Bonchev–Trinajstić information content (AvgIpc) is 3.61. The van der Waals surface area contributed by atoms with Gasteiger partial charge in [-0.25, -0.2) is 12.8 Å². The lowest BCUT2D eigenvalue weighted by molar-refractivity contribution is -0.138. The van der Waals surface area contributed by atoms with Gasteiger partial charge in [-0.15, -0.1) is 0 Å². The van der Waals surface area contributed by atoms with E-state index in [0.29, 0.717) is 11.6 Å². The molecule has 1 aliphatic carbocycles. The second-order valence-corrected chi connectivity index (χ2v) is 13.2. The minimum Gasteiger partial charge on any atom is -0.326 e. The summed E-state index contributed by atoms with van der Waals surface area (Å²) in [5.41, 5.74) is -1.30. The summed E-state index contributed by atoms with van der Waals surface area (Å²) < 4.78 is 101. The Balaban J connectivity index is 1.61. The molecule has 1 unspecified atom stereocenters. The first-order chi connectivity index (χ1) is 17.1. The maximum atomic E-state index is 14.0. The summed E-state index contributed by atoms with van der Waals surface area (Å²) in [4.78, 5) is 12.4. The zero-order chi connectivity index (χ0) is 27.2. The van der Waals surface area contributed by atoms with Crippen LogP contribution in [0.25, 0.3) is 0 Å². The molecule has 37 heavy (non-hydrogen) atoms. The molecule has 196 valence electrons. The zero-order valence-corrected chi connectivity index (χ0v) is 21.0. The first kappa shape index (κ1) is 27.0. The van der Waals surface area contributed by atoms with Gasteiger partial charge in [-0.2, -0.15) is 17.7 Å². The molecule has 6 nitrogen and oxygen atoms in total. The van der Waals surface area contributed by atoms with Crippen molar-refractivity contribution >= 4 is 31.6 Å². The number of amides is 1. The fourth-order valence-electron chi connectivity index (χ4n) is 4.14. The third-order valence-corrected chi connectivity index (χ3v) is 9.86. The van der Waals surface area contributed by atoms with E-state index in [1.807, 2.05) is 0 Å². The maximum Gasteiger partial charge on any atom is 0.416 e. The minimum atomic E-state index is -4.91. The van der Waals surface area contributed by atoms with Crippen LogP contribution >= 0.6 is 0 Å². The van der Waals surface area contributed by atoms with Crippen molar-refractivity contribution in [2.24, 2.45) is 0 Å². The van der Waals surface area contributed by atoms with Gasteiger partial charge in [0.25, 0.3) is 0 Å². The van der Waals surface area contributed by atoms with Crippen LogP contribution in [0.3, 0.4) is 0 Å². The fourth-order valence-corrected chi connectivity index (χ4v) is 6.83. The number of carbonyl (C=O) groups excluding carboxylic acids is 1. The average molecular weight is 557 g/mol. The number of sulfone groups is 1. The molecule has 4 rings (SSSR count). The van der Waals surface area contributed by atoms with Gasteiger partial charge in [0.05, 0.1) is 16.9 Å². The van der Waals surface area contributed by atoms with Crippen molar-refractivity contribution in [3.63, 3.8) is 0 Å². The molecule has 1 atom stereocenters. The first-order valence-corrected chi connectivity index (χ1v) is 14.4. The molecule has 0 spiro atoms. The van der Waals surface area contributed by atoms with Crippen LogP contribution in [0.1, 0.15) is 29.5 Å². The van der Waals surface area contributed by atoms with Crippen molar-refractivity contribution in [1.82, 2.24) is 0 Å². The fraction of sp³-hybridized carbons (Fsp3) is 0.240. The molecule has 1 saturated carbocycles. The van der Waals surface area contributed by atoms with E-state index in [1.54, 1.807) is 0 Å². The summed E-state index contributed by atoms with van der Waals surface area (Å²) in [6, 6.07) is 12.6. The highest BCUT2D eigenvalue weighted by atomic mass is 32.3. The molecule has 0 aromatic heterocycles. The Bertz CT molecular complexity index is 1490. The Labute approximate surface area is 211 Å². The Morgan fingerprint density at radius 2 is 1.62 bits per heavy atom. The van der Waals surface area contributed by atoms with E-state index in [2.05, 4.69) is 5.32 Å². The second kappa shape index (κ2) is 9.34. The molecule has 1 amide bonds. The number of rotatable bonds is 7. The number of benzene rings is 3. The monoisotopic (exact) mass is 556 g/mol. The van der Waals surface area contributed by atoms with Crippen molar-refractivity contribution in [2.75, 3.05) is 11.6 Å². The molecular weight excluding hydrogens is 534 g/mol. The van der Waals surface area contributed by atoms with Crippen LogP contribution in [0.5, 0.6) is 0 Å². The minimum absolute atomic E-state index is 0.0323. The lowest BCUT2D eigenvalue weighted by Gasteiger charge is -2.22. The van der Waals surface area contributed by atoms with Crippen LogP contribution in [0.2, 0.25) is 0 Å². The van der Waals surface area contributed by atoms with Crippen LogP contribution in [0.15, 0.2) is 76.5 Å². The Kier molecular flexibility index (Phi) is 6.80. The summed E-state index contributed by atoms with van der Waals surface area (Å²) >= 11 is 0. The number of halogens is 4. The van der Waals surface area contributed by atoms with Crippen LogP contribution in [0, 0.1) is 5.82 Å². The van der Waals surface area contributed by atoms with E-state index in [4.69, 9.17) is 0 Å². The molecule has 3 aromatic carbocycles. The lowest BCUT2D eigenvalue weighted by Crippen LogP contribution is -2.25. The number of carbonyl (C=O) groups is 1. The van der Waals surface area contributed by atoms with E-state index in [9.17, 15) is 39.5 Å². The van der Waals surface area contributed by atoms with Gasteiger partial charge in [0.2, 0.25) is 16.1 Å². The van der Waals surface area contributed by atoms with Gasteiger partial charge in [-0.1, -0.05) is 22.4 Å². The third-order valence-electron chi connectivity index (χ3n) is 6.17. The molecule has 0 saturated heterocycles. The lowest BCUT2D eigenvalue weighted by atomic mass is 10.0. The van der Waals surface area contributed by atoms with Crippen molar-refractivity contribution in [2.45, 2.75) is 40.0 Å². The molecule has 0 aliphatic heterocycles. The highest BCUT2D eigenvalue weighted by Crippen LogP contribution is 2.57. The SMILES string of the molecule is C[S+](=O)(O)c1ccc(CC(=O)Nc2ccc(C3(S(=O)(=O)c4ccc(F)cc4)CC3)c(C(F)(F)F)c2)cc1. The number of hydrogen-bond donors (Lipinski definition) is 2. The van der Waals surface area contributed by atoms with Gasteiger partial charge in [-0.3, -0.25) is 4.79 Å². The molecule has 0 heterocycles. The van der Waals surface area contributed by atoms with Crippen molar-refractivity contribution in [3.8, 4) is 0 Å². The summed E-state index contributed by atoms with van der Waals surface area (Å²) in [5, 5.41) is 2.39. The quantitative estimate of drug-likeness (QED) is 0.229. The van der Waals surface area contributed by atoms with Gasteiger partial charge in [-0.05, 0) is 72.5 Å². The highest BCUT2D eigenvalue weighted by molar-refractivity contribution is 7.97. The Morgan fingerprint density at radius 3 is 2.14 bits per heavy atom. The van der Waals surface area contributed by atoms with Gasteiger partial charge < -0.3 is 5.32 Å². The van der Waals surface area contributed by atoms with Crippen molar-refractivity contribution in [3.05, 3.63) is 89.2 Å². The second-order valence-electron chi connectivity index (χ2n) is 8.88. The smallest absolute Gasteiger partial charge is 0.326 e. The van der Waals surface area contributed by atoms with E-state index in [0.717, 1.165) is 36.6 Å². The number of alkyl halides is 3. The zero-order valence-electron chi connectivity index (χ0n) is 19.4. The predicted octanol–water partition coefficient (Wildman–Crippen LogP) is 5.45. The summed E-state index contributed by atoms with van der Waals surface area (Å²) in [6.45, 7) is 0. The normalized spacial score (nSPS) is 16.6. The van der Waals surface area contributed by atoms with Gasteiger partial charge in [0.1, 0.15) is 16.8 Å². The molecule has 2 N–H and O–H groups in total. The van der Waals surface area contributed by atoms with E-state index in [1.165, 1.54) is 30.3 Å². The van der Waals surface area contributed by atoms with Crippen LogP contribution in [-0.4, -0.2) is 25.1 Å². The van der Waals surface area contributed by atoms with Crippen LogP contribution in [0.4, 0.5) is 23.2 Å². The Hall–Kier alpha value is -3.09. The standard InChI is InChI=1S/C25H21F4NO5S2/c1-36(32,33)19-7-2-16(3-8-19)14-23(31)30-18-6-11-21(22(15-18)25(27,28)29)24(12-13-24)37(34,35)20-9-4-17(26)5-10-20/h2-11,15H,12-14H2,1H3,(H-,30,31,32,33)/p+1. The molecule has 1 aliphatic rings. The van der Waals surface area contributed by atoms with E-state index >= 15 is 0 Å². The van der Waals surface area contributed by atoms with Crippen molar-refractivity contribution < 1.29 is 39.5 Å². The largest absolute Gasteiger partial charge is 0.416 e. The molecule has 3 aromatic rings. The van der Waals surface area contributed by atoms with E-state index in [-0.39, 0.29) is 34.7 Å². The Morgan fingerprint density at radius 1 is 1.03 bits per heavy atom. The predicted molar refractivity (Wildman–Crippen MR) is 130 cm³/mol. The van der Waals surface area contributed by atoms with E-state index < -0.39 is 53.8 Å². The molecule has 0 radical (unpaired) electrons. The van der Waals surface area contributed by atoms with Gasteiger partial charge in [0.15, 0.2) is 14.7 Å². The van der Waals surface area contributed by atoms with Crippen LogP contribution in [-0.2, 0) is 46.4 Å². The number of anilines is 1. The molecule has 0 bridgehead atoms. The van der Waals surface area contributed by atoms with Crippen molar-refractivity contribution in [1.29, 1.82) is 0 Å². The molecular formula is C25H22F4NO5S2+. The maximum absolute atomic E-state index is 14.0. The summed E-state index contributed by atoms with van der Waals surface area (Å²) in [5.74, 6) is -1.30. The van der Waals surface area contributed by atoms with Gasteiger partial charge in [0, 0.05) is 5.69 Å². The third kappa shape index (κ3) is 5.46. The highest BCUT2D eigenvalue weighted by Gasteiger charge is 2.59. The first-order valence-electron chi connectivity index (χ1n) is 11.0. The van der Waals surface area contributed by atoms with Gasteiger partial charge >= 0.3 is 6.18 Å². The van der Waals surface area contributed by atoms with Crippen LogP contribution < -0.4 is 5.32 Å². The molecule has 1 fully saturated rings. The number of hydrogen-bond acceptors (Lipinski definition) is 4. The topological polar surface area (TPSA) is 101 Å². The summed E-state index contributed by atoms with van der Waals surface area (Å²) in [6.07, 6.45) is -4.03.